The minimum atomic E-state index is -1.82. The molecule has 0 radical (unpaired) electrons. The summed E-state index contributed by atoms with van der Waals surface area (Å²) in [7, 11) is 0.264. The van der Waals surface area contributed by atoms with Gasteiger partial charge in [0.1, 0.15) is 0 Å². The largest absolute Gasteiger partial charge is 0.525 e. The molecule has 0 aliphatic heterocycles. The zero-order valence-corrected chi connectivity index (χ0v) is 9.91. The fourth-order valence-electron chi connectivity index (χ4n) is 0.408. The van der Waals surface area contributed by atoms with Crippen LogP contribution in [0.4, 0.5) is 0 Å². The summed E-state index contributed by atoms with van der Waals surface area (Å²) in [4.78, 5) is 10.8. The van der Waals surface area contributed by atoms with Crippen LogP contribution >= 0.6 is 23.2 Å². The highest BCUT2D eigenvalue weighted by Gasteiger charge is 2.35. The van der Waals surface area contributed by atoms with Crippen molar-refractivity contribution >= 4 is 39.7 Å². The van der Waals surface area contributed by atoms with Crippen molar-refractivity contribution in [3.8, 4) is 0 Å². The topological polar surface area (TPSA) is 35.5 Å². The summed E-state index contributed by atoms with van der Waals surface area (Å²) in [5.41, 5.74) is 0. The molecular weight excluding hydrogens is 207 g/mol. The number of hydrogen-bond acceptors (Lipinski definition) is 3. The normalized spacial score (nSPS) is 11.5. The monoisotopic (exact) mass is 216 g/mol. The molecule has 0 aliphatic carbocycles. The van der Waals surface area contributed by atoms with Gasteiger partial charge in [0.05, 0.1) is 6.61 Å². The summed E-state index contributed by atoms with van der Waals surface area (Å²) in [5.74, 6) is -0.735. The van der Waals surface area contributed by atoms with Crippen LogP contribution in [-0.2, 0) is 14.0 Å². The number of carbonyl (C=O) groups is 1. The van der Waals surface area contributed by atoms with Crippen LogP contribution in [0.15, 0.2) is 0 Å². The molecule has 0 N–H and O–H groups in total. The van der Waals surface area contributed by atoms with E-state index in [2.05, 4.69) is 4.43 Å². The van der Waals surface area contributed by atoms with E-state index >= 15 is 0 Å². The number of ether oxygens (including phenoxy) is 1. The average molecular weight is 217 g/mol. The Kier molecular flexibility index (Phi) is 5.08. The first kappa shape index (κ1) is 11.2. The van der Waals surface area contributed by atoms with E-state index in [1.54, 1.807) is 0 Å². The van der Waals surface area contributed by atoms with E-state index in [0.29, 0.717) is 6.61 Å². The zero-order valence-electron chi connectivity index (χ0n) is 6.39. The van der Waals surface area contributed by atoms with Gasteiger partial charge in [-0.2, -0.15) is 0 Å². The molecule has 0 atom stereocenters. The van der Waals surface area contributed by atoms with Gasteiger partial charge < -0.3 is 9.16 Å². The van der Waals surface area contributed by atoms with Crippen molar-refractivity contribution in [3.63, 3.8) is 0 Å². The molecule has 0 bridgehead atoms. The second-order valence-corrected chi connectivity index (χ2v) is 3.52. The summed E-state index contributed by atoms with van der Waals surface area (Å²) < 4.78 is 7.41. The summed E-state index contributed by atoms with van der Waals surface area (Å²) in [6.45, 7) is 2.22. The fourth-order valence-corrected chi connectivity index (χ4v) is 1.26. The van der Waals surface area contributed by atoms with Gasteiger partial charge in [-0.15, -0.1) is 0 Å². The number of alkyl halides is 2. The van der Waals surface area contributed by atoms with Crippen LogP contribution in [0.2, 0.25) is 0 Å². The molecule has 0 saturated heterocycles. The molecule has 0 amide bonds. The molecule has 0 aromatic heterocycles. The fraction of sp³-hybridized carbons (Fsp3) is 0.800. The Morgan fingerprint density at radius 1 is 1.64 bits per heavy atom. The first-order valence-corrected chi connectivity index (χ1v) is 4.72. The van der Waals surface area contributed by atoms with Gasteiger partial charge in [-0.1, -0.05) is 30.1 Å². The number of halogens is 2. The van der Waals surface area contributed by atoms with Crippen LogP contribution < -0.4 is 0 Å². The molecule has 0 aromatic rings. The van der Waals surface area contributed by atoms with Crippen LogP contribution in [0.5, 0.6) is 0 Å². The SMILES string of the molecule is CCCOC(Cl)(Cl)C(=O)O[SiH3]. The van der Waals surface area contributed by atoms with E-state index in [4.69, 9.17) is 27.9 Å². The molecule has 0 aromatic carbocycles. The maximum atomic E-state index is 10.8. The summed E-state index contributed by atoms with van der Waals surface area (Å²) >= 11 is 10.9. The van der Waals surface area contributed by atoms with Crippen molar-refractivity contribution in [2.45, 2.75) is 17.9 Å². The highest BCUT2D eigenvalue weighted by atomic mass is 35.5. The molecule has 0 unspecified atom stereocenters. The Labute approximate surface area is 78.5 Å². The second kappa shape index (κ2) is 4.98. The van der Waals surface area contributed by atoms with Gasteiger partial charge in [0.15, 0.2) is 0 Å². The summed E-state index contributed by atoms with van der Waals surface area (Å²) in [5, 5.41) is 0. The Morgan fingerprint density at radius 2 is 2.18 bits per heavy atom. The van der Waals surface area contributed by atoms with E-state index in [1.807, 2.05) is 6.92 Å². The van der Waals surface area contributed by atoms with Crippen molar-refractivity contribution in [2.75, 3.05) is 6.61 Å². The lowest BCUT2D eigenvalue weighted by molar-refractivity contribution is -0.144. The van der Waals surface area contributed by atoms with Crippen LogP contribution in [-0.4, -0.2) is 27.6 Å². The molecule has 0 heterocycles. The van der Waals surface area contributed by atoms with Gasteiger partial charge in [-0.3, -0.25) is 0 Å². The van der Waals surface area contributed by atoms with Crippen molar-refractivity contribution in [2.24, 2.45) is 0 Å². The molecule has 0 rings (SSSR count). The predicted octanol–water partition coefficient (Wildman–Crippen LogP) is 0.368. The maximum Gasteiger partial charge on any atom is 0.357 e. The van der Waals surface area contributed by atoms with Crippen LogP contribution in [0.25, 0.3) is 0 Å². The van der Waals surface area contributed by atoms with Gasteiger partial charge >= 0.3 is 10.5 Å². The number of rotatable bonds is 4. The van der Waals surface area contributed by atoms with E-state index < -0.39 is 10.5 Å². The molecular formula is C5H10Cl2O3Si. The van der Waals surface area contributed by atoms with Gasteiger partial charge in [-0.25, -0.2) is 4.79 Å². The predicted molar refractivity (Wildman–Crippen MR) is 46.7 cm³/mol. The van der Waals surface area contributed by atoms with E-state index in [-0.39, 0.29) is 10.5 Å². The lowest BCUT2D eigenvalue weighted by atomic mass is 10.5. The second-order valence-electron chi connectivity index (χ2n) is 1.86. The number of hydrogen-bond donors (Lipinski definition) is 0. The third-order valence-corrected chi connectivity index (χ3v) is 1.81. The highest BCUT2D eigenvalue weighted by Crippen LogP contribution is 2.23. The highest BCUT2D eigenvalue weighted by molar-refractivity contribution is 6.56. The van der Waals surface area contributed by atoms with Crippen molar-refractivity contribution in [1.29, 1.82) is 0 Å². The van der Waals surface area contributed by atoms with Crippen LogP contribution in [0.3, 0.4) is 0 Å². The quantitative estimate of drug-likeness (QED) is 0.504. The van der Waals surface area contributed by atoms with E-state index in [1.165, 1.54) is 0 Å². The smallest absolute Gasteiger partial charge is 0.357 e. The Bertz CT molecular complexity index is 140. The molecule has 3 nitrogen and oxygen atoms in total. The first-order valence-electron chi connectivity index (χ1n) is 3.14. The Balaban J connectivity index is 3.88. The maximum absolute atomic E-state index is 10.8. The minimum Gasteiger partial charge on any atom is -0.525 e. The lowest BCUT2D eigenvalue weighted by Gasteiger charge is -2.16. The van der Waals surface area contributed by atoms with Gasteiger partial charge in [-0.05, 0) is 6.42 Å². The Hall–Kier alpha value is 0.227. The van der Waals surface area contributed by atoms with Gasteiger partial charge in [0, 0.05) is 0 Å². The minimum absolute atomic E-state index is 0.264. The third kappa shape index (κ3) is 3.96. The summed E-state index contributed by atoms with van der Waals surface area (Å²) in [6, 6.07) is 0. The third-order valence-electron chi connectivity index (χ3n) is 0.910. The Morgan fingerprint density at radius 3 is 2.55 bits per heavy atom. The van der Waals surface area contributed by atoms with Gasteiger partial charge in [0.2, 0.25) is 10.5 Å². The lowest BCUT2D eigenvalue weighted by Crippen LogP contribution is -2.31. The molecule has 0 spiro atoms. The molecule has 0 saturated carbocycles. The van der Waals surface area contributed by atoms with E-state index in [0.717, 1.165) is 6.42 Å². The molecule has 11 heavy (non-hydrogen) atoms. The van der Waals surface area contributed by atoms with Crippen molar-refractivity contribution < 1.29 is 14.0 Å². The van der Waals surface area contributed by atoms with Gasteiger partial charge in [0.25, 0.3) is 0 Å². The summed E-state index contributed by atoms with van der Waals surface area (Å²) in [6.07, 6.45) is 0.746. The number of carbonyl (C=O) groups excluding carboxylic acids is 1. The van der Waals surface area contributed by atoms with Crippen molar-refractivity contribution in [3.05, 3.63) is 0 Å². The van der Waals surface area contributed by atoms with Crippen molar-refractivity contribution in [1.82, 2.24) is 0 Å². The van der Waals surface area contributed by atoms with Crippen LogP contribution in [0.1, 0.15) is 13.3 Å². The molecule has 6 heteroatoms. The van der Waals surface area contributed by atoms with Crippen LogP contribution in [0, 0.1) is 0 Å². The zero-order chi connectivity index (χ0) is 8.91. The standard InChI is InChI=1S/C5H10Cl2O3Si/c1-2-3-9-5(6,7)4(8)10-11/h2-3H2,1,11H3. The molecule has 0 aliphatic rings. The molecule has 0 fully saturated rings. The average Bonchev–Trinajstić information content (AvgIpc) is 1.99. The first-order chi connectivity index (χ1) is 5.04. The van der Waals surface area contributed by atoms with E-state index in [9.17, 15) is 4.79 Å². The molecule has 66 valence electrons.